The van der Waals surface area contributed by atoms with Crippen LogP contribution in [0.3, 0.4) is 0 Å². The molecular weight excluding hydrogens is 400 g/mol. The van der Waals surface area contributed by atoms with Crippen LogP contribution in [0, 0.1) is 11.3 Å². The second-order valence-electron chi connectivity index (χ2n) is 9.52. The Hall–Kier alpha value is -1.30. The van der Waals surface area contributed by atoms with Gasteiger partial charge in [-0.2, -0.15) is 0 Å². The lowest BCUT2D eigenvalue weighted by Crippen LogP contribution is -2.43. The van der Waals surface area contributed by atoms with Crippen LogP contribution in [0.5, 0.6) is 5.75 Å². The number of aliphatic hydroxyl groups is 1. The summed E-state index contributed by atoms with van der Waals surface area (Å²) in [6.45, 7) is 5.80. The molecule has 0 saturated heterocycles. The molecule has 1 aromatic carbocycles. The third-order valence-electron chi connectivity index (χ3n) is 6.27. The first kappa shape index (κ1) is 25.0. The van der Waals surface area contributed by atoms with Crippen LogP contribution in [-0.2, 0) is 0 Å². The Morgan fingerprint density at radius 1 is 1.30 bits per heavy atom. The fourth-order valence-electron chi connectivity index (χ4n) is 4.84. The molecule has 0 radical (unpaired) electrons. The van der Waals surface area contributed by atoms with Crippen molar-refractivity contribution in [1.82, 2.24) is 10.6 Å². The summed E-state index contributed by atoms with van der Waals surface area (Å²) in [4.78, 5) is 12.8. The summed E-state index contributed by atoms with van der Waals surface area (Å²) in [5.74, 6) is 1.35. The molecule has 1 aromatic rings. The van der Waals surface area contributed by atoms with Crippen LogP contribution in [0.25, 0.3) is 0 Å². The lowest BCUT2D eigenvalue weighted by Gasteiger charge is -2.45. The summed E-state index contributed by atoms with van der Waals surface area (Å²) in [5.41, 5.74) is -0.00107. The molecule has 0 aliphatic heterocycles. The zero-order chi connectivity index (χ0) is 20.9. The summed E-state index contributed by atoms with van der Waals surface area (Å²) >= 11 is 6.29. The third kappa shape index (κ3) is 7.14. The van der Waals surface area contributed by atoms with Gasteiger partial charge in [-0.1, -0.05) is 44.7 Å². The summed E-state index contributed by atoms with van der Waals surface area (Å²) < 4.78 is 5.74. The summed E-state index contributed by atoms with van der Waals surface area (Å²) in [7, 11) is 0. The second kappa shape index (κ2) is 10.8. The number of amides is 1. The number of halogens is 1. The average molecular weight is 439 g/mol. The predicted octanol–water partition coefficient (Wildman–Crippen LogP) is 4.81. The normalized spacial score (nSPS) is 23.4. The number of ether oxygens (including phenoxy) is 1. The Morgan fingerprint density at radius 3 is 2.67 bits per heavy atom. The largest absolute Gasteiger partial charge is 0.492 e. The SMILES string of the molecule is C.CC(C)(O)CNCCOc1ccc(Cl)c(C(=O)NCC23CCCC(CCC2)C3)c1. The van der Waals surface area contributed by atoms with E-state index in [1.54, 1.807) is 32.0 Å². The first-order chi connectivity index (χ1) is 13.8. The van der Waals surface area contributed by atoms with Gasteiger partial charge in [0.15, 0.2) is 0 Å². The standard InChI is InChI=1S/C23H35ClN2O3.CH4/c1-22(2,28)15-25-11-12-29-18-7-8-20(24)19(13-18)21(27)26-16-23-9-3-5-17(14-23)6-4-10-23;/h7-8,13,17,25,28H,3-6,9-12,14-16H2,1-2H3,(H,26,27);1H4. The minimum absolute atomic E-state index is 0. The Balaban J connectivity index is 0.00000320. The van der Waals surface area contributed by atoms with E-state index in [9.17, 15) is 9.90 Å². The fraction of sp³-hybridized carbons (Fsp3) is 0.708. The minimum Gasteiger partial charge on any atom is -0.492 e. The van der Waals surface area contributed by atoms with Crippen molar-refractivity contribution >= 4 is 17.5 Å². The van der Waals surface area contributed by atoms with E-state index in [1.807, 2.05) is 0 Å². The van der Waals surface area contributed by atoms with Crippen LogP contribution in [0.1, 0.15) is 76.6 Å². The van der Waals surface area contributed by atoms with Gasteiger partial charge in [-0.25, -0.2) is 0 Å². The second-order valence-corrected chi connectivity index (χ2v) is 9.92. The zero-order valence-electron chi connectivity index (χ0n) is 17.7. The molecule has 2 bridgehead atoms. The maximum atomic E-state index is 12.8. The fourth-order valence-corrected chi connectivity index (χ4v) is 5.04. The van der Waals surface area contributed by atoms with Gasteiger partial charge in [0, 0.05) is 19.6 Å². The number of benzene rings is 1. The number of carbonyl (C=O) groups is 1. The summed E-state index contributed by atoms with van der Waals surface area (Å²) in [6.07, 6.45) is 8.97. The van der Waals surface area contributed by atoms with Crippen molar-refractivity contribution in [2.75, 3.05) is 26.2 Å². The lowest BCUT2D eigenvalue weighted by atomic mass is 9.62. The molecule has 0 spiro atoms. The smallest absolute Gasteiger partial charge is 0.252 e. The van der Waals surface area contributed by atoms with Crippen LogP contribution >= 0.6 is 11.6 Å². The first-order valence-electron chi connectivity index (χ1n) is 10.9. The molecule has 3 N–H and O–H groups in total. The number of carbonyl (C=O) groups excluding carboxylic acids is 1. The van der Waals surface area contributed by atoms with E-state index in [-0.39, 0.29) is 18.7 Å². The topological polar surface area (TPSA) is 70.6 Å². The average Bonchev–Trinajstić information content (AvgIpc) is 2.66. The van der Waals surface area contributed by atoms with E-state index >= 15 is 0 Å². The highest BCUT2D eigenvalue weighted by molar-refractivity contribution is 6.33. The Morgan fingerprint density at radius 2 is 2.00 bits per heavy atom. The van der Waals surface area contributed by atoms with Gasteiger partial charge in [-0.3, -0.25) is 4.79 Å². The number of nitrogens with one attached hydrogen (secondary N) is 2. The highest BCUT2D eigenvalue weighted by Gasteiger charge is 2.39. The highest BCUT2D eigenvalue weighted by Crippen LogP contribution is 2.48. The van der Waals surface area contributed by atoms with Gasteiger partial charge in [0.05, 0.1) is 16.2 Å². The first-order valence-corrected chi connectivity index (χ1v) is 11.3. The quantitative estimate of drug-likeness (QED) is 0.484. The molecule has 30 heavy (non-hydrogen) atoms. The van der Waals surface area contributed by atoms with Gasteiger partial charge in [0.2, 0.25) is 0 Å². The van der Waals surface area contributed by atoms with Gasteiger partial charge in [0.25, 0.3) is 5.91 Å². The molecule has 0 heterocycles. The molecule has 1 amide bonds. The van der Waals surface area contributed by atoms with E-state index < -0.39 is 5.60 Å². The monoisotopic (exact) mass is 438 g/mol. The van der Waals surface area contributed by atoms with Crippen molar-refractivity contribution < 1.29 is 14.6 Å². The van der Waals surface area contributed by atoms with Gasteiger partial charge in [0.1, 0.15) is 12.4 Å². The molecule has 2 aliphatic carbocycles. The van der Waals surface area contributed by atoms with Crippen molar-refractivity contribution in [2.45, 2.75) is 71.8 Å². The lowest BCUT2D eigenvalue weighted by molar-refractivity contribution is 0.0681. The number of rotatable bonds is 9. The van der Waals surface area contributed by atoms with Crippen molar-refractivity contribution in [3.05, 3.63) is 28.8 Å². The zero-order valence-corrected chi connectivity index (χ0v) is 18.5. The van der Waals surface area contributed by atoms with E-state index in [4.69, 9.17) is 16.3 Å². The van der Waals surface area contributed by atoms with E-state index in [2.05, 4.69) is 10.6 Å². The molecule has 2 fully saturated rings. The van der Waals surface area contributed by atoms with Crippen molar-refractivity contribution in [3.8, 4) is 5.75 Å². The Labute approximate surface area is 186 Å². The number of hydrogen-bond acceptors (Lipinski definition) is 4. The van der Waals surface area contributed by atoms with E-state index in [1.165, 1.54) is 44.9 Å². The van der Waals surface area contributed by atoms with E-state index in [0.717, 1.165) is 12.5 Å². The summed E-state index contributed by atoms with van der Waals surface area (Å²) in [5, 5.41) is 16.4. The number of hydrogen-bond donors (Lipinski definition) is 3. The highest BCUT2D eigenvalue weighted by atomic mass is 35.5. The van der Waals surface area contributed by atoms with Crippen LogP contribution in [0.15, 0.2) is 18.2 Å². The maximum absolute atomic E-state index is 12.8. The van der Waals surface area contributed by atoms with Gasteiger partial charge >= 0.3 is 0 Å². The molecule has 0 atom stereocenters. The van der Waals surface area contributed by atoms with Gasteiger partial charge < -0.3 is 20.5 Å². The van der Waals surface area contributed by atoms with Crippen molar-refractivity contribution in [1.29, 1.82) is 0 Å². The van der Waals surface area contributed by atoms with Gasteiger partial charge in [-0.05, 0) is 62.6 Å². The molecule has 2 aliphatic rings. The predicted molar refractivity (Wildman–Crippen MR) is 123 cm³/mol. The molecule has 3 rings (SSSR count). The minimum atomic E-state index is -0.748. The molecule has 170 valence electrons. The van der Waals surface area contributed by atoms with Crippen LogP contribution < -0.4 is 15.4 Å². The van der Waals surface area contributed by atoms with Gasteiger partial charge in [-0.15, -0.1) is 0 Å². The maximum Gasteiger partial charge on any atom is 0.252 e. The van der Waals surface area contributed by atoms with Crippen molar-refractivity contribution in [3.63, 3.8) is 0 Å². The molecule has 2 saturated carbocycles. The van der Waals surface area contributed by atoms with E-state index in [0.29, 0.717) is 36.0 Å². The third-order valence-corrected chi connectivity index (χ3v) is 6.60. The molecule has 6 heteroatoms. The van der Waals surface area contributed by atoms with Crippen LogP contribution in [0.4, 0.5) is 0 Å². The van der Waals surface area contributed by atoms with Crippen molar-refractivity contribution in [2.24, 2.45) is 11.3 Å². The molecule has 0 aromatic heterocycles. The van der Waals surface area contributed by atoms with Crippen LogP contribution in [0.2, 0.25) is 5.02 Å². The summed E-state index contributed by atoms with van der Waals surface area (Å²) in [6, 6.07) is 5.21. The van der Waals surface area contributed by atoms with Crippen LogP contribution in [-0.4, -0.2) is 42.9 Å². The molecule has 5 nitrogen and oxygen atoms in total. The number of fused-ring (bicyclic) bond motifs is 2. The molecular formula is C24H39ClN2O3. The molecule has 0 unspecified atom stereocenters. The Bertz CT molecular complexity index is 692. The Kier molecular flexibility index (Phi) is 9.01.